The van der Waals surface area contributed by atoms with Crippen molar-refractivity contribution in [2.45, 2.75) is 39.2 Å². The van der Waals surface area contributed by atoms with Crippen LogP contribution in [-0.2, 0) is 19.4 Å². The van der Waals surface area contributed by atoms with E-state index in [9.17, 15) is 0 Å². The highest BCUT2D eigenvalue weighted by Crippen LogP contribution is 2.43. The first-order valence-corrected chi connectivity index (χ1v) is 8.75. The number of hydrogen-bond acceptors (Lipinski definition) is 0. The van der Waals surface area contributed by atoms with E-state index >= 15 is 0 Å². The number of fused-ring (bicyclic) bond motifs is 1. The molecule has 0 aliphatic heterocycles. The van der Waals surface area contributed by atoms with Gasteiger partial charge in [-0.05, 0) is 42.4 Å². The molecule has 0 spiro atoms. The molecule has 2 aromatic carbocycles. The van der Waals surface area contributed by atoms with E-state index in [1.54, 1.807) is 11.3 Å². The van der Waals surface area contributed by atoms with E-state index < -0.39 is 0 Å². The van der Waals surface area contributed by atoms with Crippen LogP contribution < -0.4 is 0 Å². The van der Waals surface area contributed by atoms with Crippen molar-refractivity contribution in [1.29, 1.82) is 0 Å². The Morgan fingerprint density at radius 2 is 1.48 bits per heavy atom. The molecular formula is C22H23N. The van der Waals surface area contributed by atoms with Gasteiger partial charge in [0.15, 0.2) is 0 Å². The fourth-order valence-corrected chi connectivity index (χ4v) is 3.99. The Balaban J connectivity index is 2.02. The Morgan fingerprint density at radius 1 is 0.826 bits per heavy atom. The monoisotopic (exact) mass is 301 g/mol. The Morgan fingerprint density at radius 3 is 2.13 bits per heavy atom. The molecule has 116 valence electrons. The van der Waals surface area contributed by atoms with E-state index in [2.05, 4.69) is 72.2 Å². The molecule has 1 aromatic heterocycles. The van der Waals surface area contributed by atoms with Gasteiger partial charge in [0.25, 0.3) is 0 Å². The van der Waals surface area contributed by atoms with Gasteiger partial charge in [0.2, 0.25) is 0 Å². The van der Waals surface area contributed by atoms with Gasteiger partial charge < -0.3 is 4.57 Å². The first-order chi connectivity index (χ1) is 11.4. The maximum Gasteiger partial charge on any atom is 0.0565 e. The highest BCUT2D eigenvalue weighted by atomic mass is 15.0. The van der Waals surface area contributed by atoms with Gasteiger partial charge in [0, 0.05) is 17.8 Å². The van der Waals surface area contributed by atoms with E-state index in [1.165, 1.54) is 48.1 Å². The highest BCUT2D eigenvalue weighted by Gasteiger charge is 2.26. The van der Waals surface area contributed by atoms with Crippen LogP contribution in [0.1, 0.15) is 31.0 Å². The first-order valence-electron chi connectivity index (χ1n) is 8.75. The third-order valence-electron chi connectivity index (χ3n) is 4.88. The van der Waals surface area contributed by atoms with E-state index in [1.807, 2.05) is 0 Å². The zero-order valence-electron chi connectivity index (χ0n) is 13.8. The standard InChI is InChI=1S/C22H23N/c1-2-16-23-20-15-9-14-19(20)21(17-10-5-3-6-11-17)22(23)18-12-7-4-8-13-18/h3-8,10-13H,2,9,14-16H2,1H3. The summed E-state index contributed by atoms with van der Waals surface area (Å²) >= 11 is 0. The lowest BCUT2D eigenvalue weighted by atomic mass is 9.97. The third-order valence-corrected chi connectivity index (χ3v) is 4.88. The smallest absolute Gasteiger partial charge is 0.0565 e. The molecule has 0 saturated carbocycles. The topological polar surface area (TPSA) is 4.93 Å². The van der Waals surface area contributed by atoms with E-state index in [-0.39, 0.29) is 0 Å². The number of hydrogen-bond donors (Lipinski definition) is 0. The van der Waals surface area contributed by atoms with Crippen LogP contribution in [0.4, 0.5) is 0 Å². The van der Waals surface area contributed by atoms with Gasteiger partial charge in [0.1, 0.15) is 0 Å². The molecule has 1 aliphatic carbocycles. The summed E-state index contributed by atoms with van der Waals surface area (Å²) in [4.78, 5) is 0. The van der Waals surface area contributed by atoms with Crippen molar-refractivity contribution in [3.05, 3.63) is 71.9 Å². The number of nitrogens with zero attached hydrogens (tertiary/aromatic N) is 1. The fourth-order valence-electron chi connectivity index (χ4n) is 3.99. The quantitative estimate of drug-likeness (QED) is 0.580. The SMILES string of the molecule is CCCn1c2c(c(-c3ccccc3)c1-c1ccccc1)CCC2. The van der Waals surface area contributed by atoms with Crippen molar-refractivity contribution >= 4 is 0 Å². The van der Waals surface area contributed by atoms with Crippen LogP contribution in [0.3, 0.4) is 0 Å². The van der Waals surface area contributed by atoms with Gasteiger partial charge in [-0.25, -0.2) is 0 Å². The van der Waals surface area contributed by atoms with Gasteiger partial charge in [-0.3, -0.25) is 0 Å². The average molecular weight is 301 g/mol. The molecule has 1 heterocycles. The molecule has 1 nitrogen and oxygen atoms in total. The fraction of sp³-hybridized carbons (Fsp3) is 0.273. The Labute approximate surface area is 138 Å². The summed E-state index contributed by atoms with van der Waals surface area (Å²) in [5, 5.41) is 0. The number of benzene rings is 2. The van der Waals surface area contributed by atoms with Crippen molar-refractivity contribution in [2.24, 2.45) is 0 Å². The minimum absolute atomic E-state index is 1.11. The lowest BCUT2D eigenvalue weighted by molar-refractivity contribution is 0.657. The van der Waals surface area contributed by atoms with Crippen LogP contribution in [0.2, 0.25) is 0 Å². The molecule has 0 atom stereocenters. The van der Waals surface area contributed by atoms with E-state index in [4.69, 9.17) is 0 Å². The Hall–Kier alpha value is -2.28. The van der Waals surface area contributed by atoms with Gasteiger partial charge in [-0.2, -0.15) is 0 Å². The summed E-state index contributed by atoms with van der Waals surface area (Å²) in [5.41, 5.74) is 8.75. The molecule has 23 heavy (non-hydrogen) atoms. The minimum Gasteiger partial charge on any atom is -0.344 e. The van der Waals surface area contributed by atoms with Crippen molar-refractivity contribution in [1.82, 2.24) is 4.57 Å². The molecular weight excluding hydrogens is 278 g/mol. The number of aromatic nitrogens is 1. The Kier molecular flexibility index (Phi) is 3.78. The summed E-state index contributed by atoms with van der Waals surface area (Å²) in [5.74, 6) is 0. The lowest BCUT2D eigenvalue weighted by Crippen LogP contribution is -2.03. The molecule has 3 aromatic rings. The van der Waals surface area contributed by atoms with Gasteiger partial charge in [0.05, 0.1) is 5.69 Å². The number of rotatable bonds is 4. The second-order valence-corrected chi connectivity index (χ2v) is 6.39. The van der Waals surface area contributed by atoms with E-state index in [0.717, 1.165) is 6.54 Å². The largest absolute Gasteiger partial charge is 0.344 e. The maximum absolute atomic E-state index is 2.60. The predicted molar refractivity (Wildman–Crippen MR) is 97.6 cm³/mol. The Bertz CT molecular complexity index is 797. The van der Waals surface area contributed by atoms with Crippen molar-refractivity contribution in [3.63, 3.8) is 0 Å². The molecule has 4 rings (SSSR count). The van der Waals surface area contributed by atoms with Crippen LogP contribution in [0.15, 0.2) is 60.7 Å². The van der Waals surface area contributed by atoms with Crippen LogP contribution in [-0.4, -0.2) is 4.57 Å². The molecule has 1 heteroatoms. The van der Waals surface area contributed by atoms with Crippen LogP contribution in [0, 0.1) is 0 Å². The molecule has 0 N–H and O–H groups in total. The average Bonchev–Trinajstić information content (AvgIpc) is 3.18. The normalized spacial score (nSPS) is 13.3. The second-order valence-electron chi connectivity index (χ2n) is 6.39. The highest BCUT2D eigenvalue weighted by molar-refractivity contribution is 5.86. The lowest BCUT2D eigenvalue weighted by Gasteiger charge is -2.14. The minimum atomic E-state index is 1.11. The van der Waals surface area contributed by atoms with Crippen LogP contribution in [0.25, 0.3) is 22.4 Å². The van der Waals surface area contributed by atoms with Crippen molar-refractivity contribution in [3.8, 4) is 22.4 Å². The van der Waals surface area contributed by atoms with Crippen molar-refractivity contribution in [2.75, 3.05) is 0 Å². The molecule has 0 amide bonds. The summed E-state index contributed by atoms with van der Waals surface area (Å²) in [6, 6.07) is 21.9. The molecule has 0 bridgehead atoms. The molecule has 0 radical (unpaired) electrons. The zero-order chi connectivity index (χ0) is 15.6. The first kappa shape index (κ1) is 14.3. The summed E-state index contributed by atoms with van der Waals surface area (Å²) in [7, 11) is 0. The van der Waals surface area contributed by atoms with E-state index in [0.29, 0.717) is 0 Å². The molecule has 0 fully saturated rings. The molecule has 0 unspecified atom stereocenters. The third kappa shape index (κ3) is 2.41. The summed E-state index contributed by atoms with van der Waals surface area (Å²) < 4.78 is 2.60. The predicted octanol–water partition coefficient (Wildman–Crippen LogP) is 5.72. The summed E-state index contributed by atoms with van der Waals surface area (Å²) in [6.07, 6.45) is 4.91. The molecule has 1 aliphatic rings. The van der Waals surface area contributed by atoms with Gasteiger partial charge in [-0.1, -0.05) is 67.6 Å². The van der Waals surface area contributed by atoms with Crippen molar-refractivity contribution < 1.29 is 0 Å². The van der Waals surface area contributed by atoms with Crippen LogP contribution >= 0.6 is 0 Å². The van der Waals surface area contributed by atoms with Gasteiger partial charge in [-0.15, -0.1) is 0 Å². The maximum atomic E-state index is 2.60. The van der Waals surface area contributed by atoms with Crippen LogP contribution in [0.5, 0.6) is 0 Å². The zero-order valence-corrected chi connectivity index (χ0v) is 13.8. The second kappa shape index (κ2) is 6.08. The summed E-state index contributed by atoms with van der Waals surface area (Å²) in [6.45, 7) is 3.39. The van der Waals surface area contributed by atoms with Gasteiger partial charge >= 0.3 is 0 Å². The molecule has 0 saturated heterocycles.